The number of hydrogen-bond donors (Lipinski definition) is 1. The van der Waals surface area contributed by atoms with E-state index in [9.17, 15) is 0 Å². The minimum absolute atomic E-state index is 0.738. The van der Waals surface area contributed by atoms with Gasteiger partial charge in [-0.1, -0.05) is 18.2 Å². The number of likely N-dealkylation sites (N-methyl/N-ethyl adjacent to an activating group) is 1. The van der Waals surface area contributed by atoms with Crippen molar-refractivity contribution < 1.29 is 0 Å². The Morgan fingerprint density at radius 2 is 1.83 bits per heavy atom. The smallest absolute Gasteiger partial charge is 0.168 e. The summed E-state index contributed by atoms with van der Waals surface area (Å²) in [7, 11) is 4.11. The van der Waals surface area contributed by atoms with Crippen LogP contribution in [0.1, 0.15) is 11.5 Å². The summed E-state index contributed by atoms with van der Waals surface area (Å²) < 4.78 is 1.89. The highest BCUT2D eigenvalue weighted by molar-refractivity contribution is 5.90. The van der Waals surface area contributed by atoms with Gasteiger partial charge in [-0.3, -0.25) is 0 Å². The first-order valence-corrected chi connectivity index (χ1v) is 7.74. The van der Waals surface area contributed by atoms with Gasteiger partial charge in [0.05, 0.1) is 16.8 Å². The Labute approximate surface area is 136 Å². The molecule has 3 rings (SSSR count). The van der Waals surface area contributed by atoms with Crippen molar-refractivity contribution in [1.29, 1.82) is 0 Å². The second-order valence-corrected chi connectivity index (χ2v) is 5.88. The molecule has 120 valence electrons. The Balaban J connectivity index is 2.07. The van der Waals surface area contributed by atoms with Gasteiger partial charge in [0.1, 0.15) is 11.6 Å². The van der Waals surface area contributed by atoms with Gasteiger partial charge in [-0.2, -0.15) is 5.10 Å². The minimum atomic E-state index is 0.738. The zero-order chi connectivity index (χ0) is 16.4. The van der Waals surface area contributed by atoms with E-state index in [0.717, 1.165) is 47.1 Å². The largest absolute Gasteiger partial charge is 0.368 e. The van der Waals surface area contributed by atoms with Crippen molar-refractivity contribution in [1.82, 2.24) is 24.6 Å². The van der Waals surface area contributed by atoms with Crippen molar-refractivity contribution >= 4 is 16.9 Å². The summed E-state index contributed by atoms with van der Waals surface area (Å²) in [5.41, 5.74) is 2.77. The number of nitrogens with zero attached hydrogens (tertiary/aromatic N) is 5. The van der Waals surface area contributed by atoms with Crippen molar-refractivity contribution in [2.75, 3.05) is 32.5 Å². The summed E-state index contributed by atoms with van der Waals surface area (Å²) in [5, 5.41) is 9.07. The van der Waals surface area contributed by atoms with E-state index in [1.54, 1.807) is 0 Å². The van der Waals surface area contributed by atoms with E-state index in [2.05, 4.69) is 39.4 Å². The lowest BCUT2D eigenvalue weighted by Gasteiger charge is -2.12. The number of nitrogens with one attached hydrogen (secondary N) is 1. The van der Waals surface area contributed by atoms with Crippen LogP contribution in [0.4, 0.5) is 5.82 Å². The van der Waals surface area contributed by atoms with E-state index >= 15 is 0 Å². The summed E-state index contributed by atoms with van der Waals surface area (Å²) in [6.45, 7) is 5.68. The van der Waals surface area contributed by atoms with Crippen LogP contribution in [0.3, 0.4) is 0 Å². The van der Waals surface area contributed by atoms with Gasteiger partial charge < -0.3 is 10.2 Å². The summed E-state index contributed by atoms with van der Waals surface area (Å²) in [6, 6.07) is 10.1. The van der Waals surface area contributed by atoms with Gasteiger partial charge in [0.25, 0.3) is 0 Å². The molecule has 0 fully saturated rings. The maximum Gasteiger partial charge on any atom is 0.168 e. The summed E-state index contributed by atoms with van der Waals surface area (Å²) in [4.78, 5) is 11.3. The molecule has 2 heterocycles. The van der Waals surface area contributed by atoms with Crippen molar-refractivity contribution in [2.45, 2.75) is 13.8 Å². The maximum absolute atomic E-state index is 4.67. The van der Waals surface area contributed by atoms with Gasteiger partial charge in [-0.15, -0.1) is 0 Å². The molecular weight excluding hydrogens is 288 g/mol. The lowest BCUT2D eigenvalue weighted by Crippen LogP contribution is -2.21. The van der Waals surface area contributed by atoms with Gasteiger partial charge in [-0.25, -0.2) is 14.6 Å². The van der Waals surface area contributed by atoms with E-state index in [1.807, 2.05) is 48.9 Å². The van der Waals surface area contributed by atoms with E-state index in [1.165, 1.54) is 0 Å². The number of hydrogen-bond acceptors (Lipinski definition) is 5. The lowest BCUT2D eigenvalue weighted by atomic mass is 10.3. The first-order valence-electron chi connectivity index (χ1n) is 7.74. The normalized spacial score (nSPS) is 11.3. The highest BCUT2D eigenvalue weighted by atomic mass is 15.3. The number of aryl methyl sites for hydroxylation is 2. The fourth-order valence-electron chi connectivity index (χ4n) is 2.57. The van der Waals surface area contributed by atoms with Gasteiger partial charge in [-0.05, 0) is 40.1 Å². The van der Waals surface area contributed by atoms with Crippen LogP contribution in [0.15, 0.2) is 30.3 Å². The van der Waals surface area contributed by atoms with Crippen LogP contribution in [0, 0.1) is 13.8 Å². The summed E-state index contributed by atoms with van der Waals surface area (Å²) in [5.74, 6) is 1.59. The molecule has 0 aliphatic heterocycles. The minimum Gasteiger partial charge on any atom is -0.368 e. The highest BCUT2D eigenvalue weighted by Crippen LogP contribution is 2.26. The average Bonchev–Trinajstić information content (AvgIpc) is 2.84. The Bertz CT molecular complexity index is 807. The molecule has 0 spiro atoms. The molecular formula is C17H22N6. The zero-order valence-electron chi connectivity index (χ0n) is 14.0. The molecule has 0 unspecified atom stereocenters. The molecule has 0 radical (unpaired) electrons. The van der Waals surface area contributed by atoms with Gasteiger partial charge in [0.15, 0.2) is 5.65 Å². The van der Waals surface area contributed by atoms with Crippen LogP contribution in [-0.2, 0) is 0 Å². The number of fused-ring (bicyclic) bond motifs is 1. The Morgan fingerprint density at radius 1 is 1.09 bits per heavy atom. The average molecular weight is 310 g/mol. The molecule has 0 saturated heterocycles. The third-order valence-corrected chi connectivity index (χ3v) is 3.67. The monoisotopic (exact) mass is 310 g/mol. The zero-order valence-corrected chi connectivity index (χ0v) is 14.0. The molecule has 0 aliphatic carbocycles. The number of anilines is 1. The van der Waals surface area contributed by atoms with E-state index in [0.29, 0.717) is 0 Å². The fraction of sp³-hybridized carbons (Fsp3) is 0.353. The molecule has 3 aromatic rings. The van der Waals surface area contributed by atoms with Crippen LogP contribution in [-0.4, -0.2) is 51.8 Å². The van der Waals surface area contributed by atoms with Crippen LogP contribution >= 0.6 is 0 Å². The summed E-state index contributed by atoms with van der Waals surface area (Å²) in [6.07, 6.45) is 0. The Morgan fingerprint density at radius 3 is 2.52 bits per heavy atom. The predicted molar refractivity (Wildman–Crippen MR) is 93.2 cm³/mol. The van der Waals surface area contributed by atoms with Crippen molar-refractivity contribution in [3.63, 3.8) is 0 Å². The highest BCUT2D eigenvalue weighted by Gasteiger charge is 2.16. The van der Waals surface area contributed by atoms with Crippen LogP contribution in [0.2, 0.25) is 0 Å². The van der Waals surface area contributed by atoms with Crippen molar-refractivity contribution in [3.8, 4) is 5.69 Å². The third-order valence-electron chi connectivity index (χ3n) is 3.67. The van der Waals surface area contributed by atoms with E-state index in [4.69, 9.17) is 0 Å². The third kappa shape index (κ3) is 3.17. The van der Waals surface area contributed by atoms with Crippen LogP contribution in [0.25, 0.3) is 16.7 Å². The quantitative estimate of drug-likeness (QED) is 0.784. The second kappa shape index (κ2) is 6.34. The van der Waals surface area contributed by atoms with Gasteiger partial charge >= 0.3 is 0 Å². The number of aromatic nitrogens is 4. The molecule has 6 nitrogen and oxygen atoms in total. The molecule has 0 amide bonds. The topological polar surface area (TPSA) is 58.9 Å². The lowest BCUT2D eigenvalue weighted by molar-refractivity contribution is 0.425. The van der Waals surface area contributed by atoms with Crippen LogP contribution in [0.5, 0.6) is 0 Å². The molecule has 1 aromatic carbocycles. The first-order chi connectivity index (χ1) is 11.1. The predicted octanol–water partition coefficient (Wildman–Crippen LogP) is 2.41. The number of para-hydroxylation sites is 1. The van der Waals surface area contributed by atoms with E-state index < -0.39 is 0 Å². The van der Waals surface area contributed by atoms with Crippen LogP contribution < -0.4 is 5.32 Å². The Hall–Kier alpha value is -2.47. The second-order valence-electron chi connectivity index (χ2n) is 5.88. The van der Waals surface area contributed by atoms with Gasteiger partial charge in [0, 0.05) is 13.1 Å². The van der Waals surface area contributed by atoms with Gasteiger partial charge in [0.2, 0.25) is 0 Å². The maximum atomic E-state index is 4.67. The number of rotatable bonds is 5. The van der Waals surface area contributed by atoms with Crippen molar-refractivity contribution in [3.05, 3.63) is 41.9 Å². The Kier molecular flexibility index (Phi) is 4.25. The first kappa shape index (κ1) is 15.4. The molecule has 6 heteroatoms. The molecule has 2 aromatic heterocycles. The SMILES string of the molecule is Cc1nc(NCCN(C)C)c2c(C)nn(-c3ccccc3)c2n1. The molecule has 0 saturated carbocycles. The van der Waals surface area contributed by atoms with Crippen molar-refractivity contribution in [2.24, 2.45) is 0 Å². The fourth-order valence-corrected chi connectivity index (χ4v) is 2.57. The molecule has 0 aliphatic rings. The molecule has 0 bridgehead atoms. The summed E-state index contributed by atoms with van der Waals surface area (Å²) >= 11 is 0. The number of benzene rings is 1. The standard InChI is InChI=1S/C17H22N6/c1-12-15-16(18-10-11-22(3)4)19-13(2)20-17(15)23(21-12)14-8-6-5-7-9-14/h5-9H,10-11H2,1-4H3,(H,18,19,20). The van der Waals surface area contributed by atoms with E-state index in [-0.39, 0.29) is 0 Å². The molecule has 0 atom stereocenters. The molecule has 23 heavy (non-hydrogen) atoms. The molecule has 1 N–H and O–H groups in total.